The quantitative estimate of drug-likeness (QED) is 0.618. The van der Waals surface area contributed by atoms with E-state index in [-0.39, 0.29) is 6.10 Å². The molecule has 2 atom stereocenters. The van der Waals surface area contributed by atoms with E-state index in [1.165, 1.54) is 12.8 Å². The molecule has 100 valence electrons. The molecule has 0 aromatic heterocycles. The van der Waals surface area contributed by atoms with Crippen molar-refractivity contribution in [3.8, 4) is 0 Å². The van der Waals surface area contributed by atoms with Crippen molar-refractivity contribution in [1.29, 1.82) is 0 Å². The zero-order valence-corrected chi connectivity index (χ0v) is 11.5. The molecular weight excluding hydrogens is 224 g/mol. The molecule has 0 spiro atoms. The second-order valence-electron chi connectivity index (χ2n) is 4.95. The molecule has 1 aromatic carbocycles. The van der Waals surface area contributed by atoms with Crippen molar-refractivity contribution in [2.45, 2.75) is 52.2 Å². The minimum absolute atomic E-state index is 0.0595. The van der Waals surface area contributed by atoms with Crippen LogP contribution >= 0.6 is 0 Å². The highest BCUT2D eigenvalue weighted by atomic mass is 16.5. The van der Waals surface area contributed by atoms with E-state index < -0.39 is 0 Å². The molecule has 0 fully saturated rings. The second-order valence-corrected chi connectivity index (χ2v) is 4.95. The molecule has 0 aliphatic heterocycles. The van der Waals surface area contributed by atoms with Gasteiger partial charge in [-0.1, -0.05) is 57.0 Å². The first kappa shape index (κ1) is 14.9. The SMILES string of the molecule is CCC[C@H](C)C[C@H](CC=O)OCc1ccccc1. The van der Waals surface area contributed by atoms with E-state index in [4.69, 9.17) is 4.74 Å². The zero-order chi connectivity index (χ0) is 13.2. The van der Waals surface area contributed by atoms with Crippen molar-refractivity contribution < 1.29 is 9.53 Å². The molecule has 0 aliphatic rings. The van der Waals surface area contributed by atoms with Crippen LogP contribution in [-0.2, 0) is 16.1 Å². The molecule has 0 N–H and O–H groups in total. The topological polar surface area (TPSA) is 26.3 Å². The van der Waals surface area contributed by atoms with Crippen molar-refractivity contribution in [1.82, 2.24) is 0 Å². The second kappa shape index (κ2) is 8.87. The third kappa shape index (κ3) is 5.97. The highest BCUT2D eigenvalue weighted by molar-refractivity contribution is 5.50. The number of rotatable bonds is 9. The average molecular weight is 248 g/mol. The van der Waals surface area contributed by atoms with Gasteiger partial charge in [-0.3, -0.25) is 0 Å². The zero-order valence-electron chi connectivity index (χ0n) is 11.5. The Balaban J connectivity index is 2.40. The van der Waals surface area contributed by atoms with E-state index in [0.717, 1.165) is 18.3 Å². The Morgan fingerprint density at radius 3 is 2.61 bits per heavy atom. The van der Waals surface area contributed by atoms with Crippen LogP contribution in [0, 0.1) is 5.92 Å². The number of hydrogen-bond acceptors (Lipinski definition) is 2. The Hall–Kier alpha value is -1.15. The van der Waals surface area contributed by atoms with Gasteiger partial charge in [0.15, 0.2) is 0 Å². The predicted molar refractivity (Wildman–Crippen MR) is 74.4 cm³/mol. The molecule has 18 heavy (non-hydrogen) atoms. The fourth-order valence-corrected chi connectivity index (χ4v) is 2.19. The molecule has 2 heteroatoms. The lowest BCUT2D eigenvalue weighted by Crippen LogP contribution is -2.17. The Labute approximate surface area is 110 Å². The third-order valence-electron chi connectivity index (χ3n) is 3.13. The van der Waals surface area contributed by atoms with Crippen molar-refractivity contribution in [2.24, 2.45) is 5.92 Å². The van der Waals surface area contributed by atoms with Crippen LogP contribution < -0.4 is 0 Å². The Bertz CT molecular complexity index is 321. The summed E-state index contributed by atoms with van der Waals surface area (Å²) in [7, 11) is 0. The maximum Gasteiger partial charge on any atom is 0.122 e. The van der Waals surface area contributed by atoms with Gasteiger partial charge in [-0.15, -0.1) is 0 Å². The summed E-state index contributed by atoms with van der Waals surface area (Å²) in [6.45, 7) is 5.02. The molecule has 2 nitrogen and oxygen atoms in total. The van der Waals surface area contributed by atoms with Gasteiger partial charge in [-0.2, -0.15) is 0 Å². The van der Waals surface area contributed by atoms with E-state index >= 15 is 0 Å². The highest BCUT2D eigenvalue weighted by Gasteiger charge is 2.13. The number of carbonyl (C=O) groups excluding carboxylic acids is 1. The molecular formula is C16H24O2. The van der Waals surface area contributed by atoms with Gasteiger partial charge >= 0.3 is 0 Å². The Kier molecular flexibility index (Phi) is 7.35. The van der Waals surface area contributed by atoms with Crippen LogP contribution in [0.15, 0.2) is 30.3 Å². The Morgan fingerprint density at radius 2 is 2.00 bits per heavy atom. The predicted octanol–water partition coefficient (Wildman–Crippen LogP) is 3.99. The van der Waals surface area contributed by atoms with Crippen LogP contribution in [0.5, 0.6) is 0 Å². The number of hydrogen-bond donors (Lipinski definition) is 0. The van der Waals surface area contributed by atoms with Crippen LogP contribution in [-0.4, -0.2) is 12.4 Å². The molecule has 0 amide bonds. The molecule has 1 aromatic rings. The van der Waals surface area contributed by atoms with Crippen LogP contribution in [0.25, 0.3) is 0 Å². The maximum atomic E-state index is 10.7. The first-order valence-corrected chi connectivity index (χ1v) is 6.85. The van der Waals surface area contributed by atoms with Gasteiger partial charge in [-0.05, 0) is 17.9 Å². The van der Waals surface area contributed by atoms with Gasteiger partial charge in [0.2, 0.25) is 0 Å². The number of benzene rings is 1. The highest BCUT2D eigenvalue weighted by Crippen LogP contribution is 2.17. The molecule has 0 saturated carbocycles. The van der Waals surface area contributed by atoms with Gasteiger partial charge in [0, 0.05) is 6.42 Å². The largest absolute Gasteiger partial charge is 0.373 e. The van der Waals surface area contributed by atoms with Gasteiger partial charge in [0.25, 0.3) is 0 Å². The summed E-state index contributed by atoms with van der Waals surface area (Å²) < 4.78 is 5.85. The summed E-state index contributed by atoms with van der Waals surface area (Å²) in [5.74, 6) is 0.621. The fourth-order valence-electron chi connectivity index (χ4n) is 2.19. The fraction of sp³-hybridized carbons (Fsp3) is 0.562. The van der Waals surface area contributed by atoms with Crippen molar-refractivity contribution in [3.63, 3.8) is 0 Å². The minimum atomic E-state index is 0.0595. The lowest BCUT2D eigenvalue weighted by atomic mass is 9.97. The molecule has 1 rings (SSSR count). The Morgan fingerprint density at radius 1 is 1.28 bits per heavy atom. The average Bonchev–Trinajstić information content (AvgIpc) is 2.38. The third-order valence-corrected chi connectivity index (χ3v) is 3.13. The van der Waals surface area contributed by atoms with Crippen molar-refractivity contribution in [3.05, 3.63) is 35.9 Å². The summed E-state index contributed by atoms with van der Waals surface area (Å²) in [6, 6.07) is 10.1. The van der Waals surface area contributed by atoms with Crippen molar-refractivity contribution in [2.75, 3.05) is 0 Å². The summed E-state index contributed by atoms with van der Waals surface area (Å²) in [5, 5.41) is 0. The lowest BCUT2D eigenvalue weighted by Gasteiger charge is -2.19. The first-order chi connectivity index (χ1) is 8.76. The van der Waals surface area contributed by atoms with E-state index in [9.17, 15) is 4.79 Å². The van der Waals surface area contributed by atoms with E-state index in [1.54, 1.807) is 0 Å². The normalized spacial score (nSPS) is 14.1. The van der Waals surface area contributed by atoms with Crippen LogP contribution in [0.2, 0.25) is 0 Å². The monoisotopic (exact) mass is 248 g/mol. The van der Waals surface area contributed by atoms with Crippen LogP contribution in [0.4, 0.5) is 0 Å². The lowest BCUT2D eigenvalue weighted by molar-refractivity contribution is -0.111. The molecule has 0 saturated heterocycles. The number of ether oxygens (including phenoxy) is 1. The van der Waals surface area contributed by atoms with Crippen LogP contribution in [0.3, 0.4) is 0 Å². The first-order valence-electron chi connectivity index (χ1n) is 6.85. The molecule has 0 unspecified atom stereocenters. The standard InChI is InChI=1S/C16H24O2/c1-3-7-14(2)12-16(10-11-17)18-13-15-8-5-4-6-9-15/h4-6,8-9,11,14,16H,3,7,10,12-13H2,1-2H3/t14-,16-/m0/s1. The number of carbonyl (C=O) groups is 1. The van der Waals surface area contributed by atoms with E-state index in [2.05, 4.69) is 13.8 Å². The van der Waals surface area contributed by atoms with E-state index in [0.29, 0.717) is 18.9 Å². The summed E-state index contributed by atoms with van der Waals surface area (Å²) >= 11 is 0. The van der Waals surface area contributed by atoms with Gasteiger partial charge in [0.05, 0.1) is 12.7 Å². The van der Waals surface area contributed by atoms with Gasteiger partial charge < -0.3 is 9.53 Å². The number of aldehydes is 1. The van der Waals surface area contributed by atoms with Gasteiger partial charge in [0.1, 0.15) is 6.29 Å². The summed E-state index contributed by atoms with van der Waals surface area (Å²) in [4.78, 5) is 10.7. The maximum absolute atomic E-state index is 10.7. The minimum Gasteiger partial charge on any atom is -0.373 e. The van der Waals surface area contributed by atoms with Gasteiger partial charge in [-0.25, -0.2) is 0 Å². The molecule has 0 heterocycles. The smallest absolute Gasteiger partial charge is 0.122 e. The van der Waals surface area contributed by atoms with Crippen LogP contribution in [0.1, 0.15) is 45.1 Å². The van der Waals surface area contributed by atoms with E-state index in [1.807, 2.05) is 30.3 Å². The van der Waals surface area contributed by atoms with Crippen molar-refractivity contribution >= 4 is 6.29 Å². The molecule has 0 aliphatic carbocycles. The summed E-state index contributed by atoms with van der Waals surface area (Å²) in [5.41, 5.74) is 1.16. The molecule has 0 bridgehead atoms. The summed E-state index contributed by atoms with van der Waals surface area (Å²) in [6.07, 6.45) is 4.89. The molecule has 0 radical (unpaired) electrons.